The summed E-state index contributed by atoms with van der Waals surface area (Å²) in [4.78, 5) is 0. The smallest absolute Gasteiger partial charge is 0.187 e. The SMILES string of the molecule is CC(C)(C)[O].[AlH3]. The highest BCUT2D eigenvalue weighted by atomic mass is 27.0. The van der Waals surface area contributed by atoms with Crippen LogP contribution in [-0.2, 0) is 5.11 Å². The molecule has 0 aromatic heterocycles. The minimum atomic E-state index is -0.750. The largest absolute Gasteiger partial charge is 0.230 e. The Kier molecular flexibility index (Phi) is 4.25. The molecule has 0 amide bonds. The first kappa shape index (κ1) is 9.70. The summed E-state index contributed by atoms with van der Waals surface area (Å²) in [6, 6.07) is 0. The molecule has 37 valence electrons. The minimum Gasteiger partial charge on any atom is -0.230 e. The Morgan fingerprint density at radius 3 is 1.17 bits per heavy atom. The van der Waals surface area contributed by atoms with Crippen LogP contribution in [-0.4, -0.2) is 23.0 Å². The Morgan fingerprint density at radius 1 is 1.17 bits per heavy atom. The molecule has 0 aliphatic carbocycles. The molecule has 0 saturated heterocycles. The van der Waals surface area contributed by atoms with Crippen molar-refractivity contribution in [2.75, 3.05) is 0 Å². The maximum Gasteiger partial charge on any atom is 0.187 e. The normalized spacial score (nSPS) is 10.0. The highest BCUT2D eigenvalue weighted by Gasteiger charge is 2.01. The van der Waals surface area contributed by atoms with Crippen molar-refractivity contribution in [3.8, 4) is 0 Å². The van der Waals surface area contributed by atoms with Gasteiger partial charge in [0.05, 0.1) is 5.60 Å². The van der Waals surface area contributed by atoms with Crippen molar-refractivity contribution in [1.29, 1.82) is 0 Å². The average Bonchev–Trinajstić information content (AvgIpc) is 0.722. The van der Waals surface area contributed by atoms with Gasteiger partial charge in [-0.1, -0.05) is 0 Å². The van der Waals surface area contributed by atoms with Crippen LogP contribution in [0.4, 0.5) is 0 Å². The Morgan fingerprint density at radius 2 is 1.17 bits per heavy atom. The Bertz CT molecular complexity index is 23.0. The molecule has 0 spiro atoms. The first-order valence-electron chi connectivity index (χ1n) is 1.70. The second-order valence-corrected chi connectivity index (χ2v) is 2.11. The van der Waals surface area contributed by atoms with E-state index in [1.165, 1.54) is 0 Å². The van der Waals surface area contributed by atoms with Crippen LogP contribution in [0.15, 0.2) is 0 Å². The molecule has 0 aromatic carbocycles. The van der Waals surface area contributed by atoms with E-state index in [1.54, 1.807) is 20.8 Å². The fourth-order valence-electron chi connectivity index (χ4n) is 0. The summed E-state index contributed by atoms with van der Waals surface area (Å²) in [6.45, 7) is 4.90. The molecule has 0 N–H and O–H groups in total. The summed E-state index contributed by atoms with van der Waals surface area (Å²) in [7, 11) is 0. The summed E-state index contributed by atoms with van der Waals surface area (Å²) < 4.78 is 0. The molecule has 1 nitrogen and oxygen atoms in total. The van der Waals surface area contributed by atoms with E-state index in [1.807, 2.05) is 0 Å². The molecule has 0 aliphatic rings. The second-order valence-electron chi connectivity index (χ2n) is 2.11. The molecule has 2 heteroatoms. The quantitative estimate of drug-likeness (QED) is 0.385. The third kappa shape index (κ3) is 226. The lowest BCUT2D eigenvalue weighted by Crippen LogP contribution is -2.07. The molecule has 0 saturated carbocycles. The average molecular weight is 103 g/mol. The summed E-state index contributed by atoms with van der Waals surface area (Å²) in [6.07, 6.45) is 0. The van der Waals surface area contributed by atoms with Crippen LogP contribution in [0.5, 0.6) is 0 Å². The first-order chi connectivity index (χ1) is 2.00. The Hall–Kier alpha value is 0.492. The van der Waals surface area contributed by atoms with E-state index < -0.39 is 5.60 Å². The van der Waals surface area contributed by atoms with Gasteiger partial charge in [-0.25, -0.2) is 5.11 Å². The molecule has 0 rings (SSSR count). The minimum absolute atomic E-state index is 0. The van der Waals surface area contributed by atoms with E-state index in [2.05, 4.69) is 0 Å². The third-order valence-electron chi connectivity index (χ3n) is 0. The zero-order valence-corrected chi connectivity index (χ0v) is 3.91. The predicted molar refractivity (Wildman–Crippen MR) is 30.4 cm³/mol. The number of hydrogen-bond acceptors (Lipinski definition) is 0. The molecule has 0 atom stereocenters. The van der Waals surface area contributed by atoms with Gasteiger partial charge in [0.1, 0.15) is 0 Å². The van der Waals surface area contributed by atoms with Gasteiger partial charge in [-0.05, 0) is 20.8 Å². The summed E-state index contributed by atoms with van der Waals surface area (Å²) >= 11 is 0. The highest BCUT2D eigenvalue weighted by molar-refractivity contribution is 5.75. The van der Waals surface area contributed by atoms with Crippen LogP contribution in [0.25, 0.3) is 0 Å². The second kappa shape index (κ2) is 2.63. The van der Waals surface area contributed by atoms with E-state index in [0.717, 1.165) is 0 Å². The fraction of sp³-hybridized carbons (Fsp3) is 1.00. The van der Waals surface area contributed by atoms with E-state index in [4.69, 9.17) is 0 Å². The van der Waals surface area contributed by atoms with Gasteiger partial charge < -0.3 is 0 Å². The molecule has 0 heterocycles. The van der Waals surface area contributed by atoms with E-state index in [9.17, 15) is 5.11 Å². The van der Waals surface area contributed by atoms with E-state index >= 15 is 0 Å². The van der Waals surface area contributed by atoms with Gasteiger partial charge in [-0.2, -0.15) is 0 Å². The van der Waals surface area contributed by atoms with Crippen LogP contribution in [0.3, 0.4) is 0 Å². The molecule has 0 aromatic rings. The van der Waals surface area contributed by atoms with Crippen LogP contribution >= 0.6 is 0 Å². The van der Waals surface area contributed by atoms with Crippen molar-refractivity contribution >= 4 is 17.4 Å². The van der Waals surface area contributed by atoms with Crippen LogP contribution in [0, 0.1) is 0 Å². The maximum atomic E-state index is 10.1. The highest BCUT2D eigenvalue weighted by Crippen LogP contribution is 1.95. The lowest BCUT2D eigenvalue weighted by atomic mass is 10.2. The topological polar surface area (TPSA) is 19.9 Å². The summed E-state index contributed by atoms with van der Waals surface area (Å²) in [5, 5.41) is 10.1. The van der Waals surface area contributed by atoms with Crippen molar-refractivity contribution in [3.63, 3.8) is 0 Å². The standard InChI is InChI=1S/C4H9O.Al.3H/c1-4(2,3)5;;;;/h1-3H3;;;;. The zero-order chi connectivity index (χ0) is 4.50. The van der Waals surface area contributed by atoms with Gasteiger partial charge in [0, 0.05) is 0 Å². The molecule has 0 aliphatic heterocycles. The van der Waals surface area contributed by atoms with Gasteiger partial charge in [0.15, 0.2) is 17.4 Å². The number of rotatable bonds is 0. The van der Waals surface area contributed by atoms with Crippen molar-refractivity contribution in [2.24, 2.45) is 0 Å². The molecular formula is C4H12AlO. The Balaban J connectivity index is 0. The van der Waals surface area contributed by atoms with Crippen molar-refractivity contribution < 1.29 is 5.11 Å². The van der Waals surface area contributed by atoms with Gasteiger partial charge in [-0.3, -0.25) is 0 Å². The van der Waals surface area contributed by atoms with Gasteiger partial charge >= 0.3 is 0 Å². The maximum absolute atomic E-state index is 10.1. The molecule has 0 fully saturated rings. The van der Waals surface area contributed by atoms with Crippen molar-refractivity contribution in [1.82, 2.24) is 0 Å². The van der Waals surface area contributed by atoms with Crippen LogP contribution in [0.2, 0.25) is 0 Å². The van der Waals surface area contributed by atoms with Crippen molar-refractivity contribution in [2.45, 2.75) is 26.4 Å². The fourth-order valence-corrected chi connectivity index (χ4v) is 0. The van der Waals surface area contributed by atoms with Gasteiger partial charge in [-0.15, -0.1) is 0 Å². The lowest BCUT2D eigenvalue weighted by molar-refractivity contribution is 0.0219. The summed E-state index contributed by atoms with van der Waals surface area (Å²) in [5.41, 5.74) is -0.750. The van der Waals surface area contributed by atoms with Crippen LogP contribution < -0.4 is 0 Å². The molecule has 6 heavy (non-hydrogen) atoms. The van der Waals surface area contributed by atoms with E-state index in [0.29, 0.717) is 0 Å². The number of hydrogen-bond donors (Lipinski definition) is 0. The van der Waals surface area contributed by atoms with Crippen molar-refractivity contribution in [3.05, 3.63) is 0 Å². The molecule has 1 radical (unpaired) electrons. The molecular weight excluding hydrogens is 91.0 g/mol. The first-order valence-corrected chi connectivity index (χ1v) is 1.70. The summed E-state index contributed by atoms with van der Waals surface area (Å²) in [5.74, 6) is 0. The van der Waals surface area contributed by atoms with Gasteiger partial charge in [0.25, 0.3) is 0 Å². The zero-order valence-electron chi connectivity index (χ0n) is 3.91. The van der Waals surface area contributed by atoms with Gasteiger partial charge in [0.2, 0.25) is 0 Å². The molecule has 0 bridgehead atoms. The predicted octanol–water partition coefficient (Wildman–Crippen LogP) is 0.0315. The monoisotopic (exact) mass is 103 g/mol. The molecule has 0 unspecified atom stereocenters. The van der Waals surface area contributed by atoms with E-state index in [-0.39, 0.29) is 17.4 Å². The lowest BCUT2D eigenvalue weighted by Gasteiger charge is -2.00. The third-order valence-corrected chi connectivity index (χ3v) is 0. The van der Waals surface area contributed by atoms with Crippen LogP contribution in [0.1, 0.15) is 20.8 Å². The Labute approximate surface area is 49.5 Å².